The summed E-state index contributed by atoms with van der Waals surface area (Å²) in [6.07, 6.45) is 0. The van der Waals surface area contributed by atoms with E-state index in [1.54, 1.807) is 0 Å². The van der Waals surface area contributed by atoms with Gasteiger partial charge in [-0.25, -0.2) is 0 Å². The van der Waals surface area contributed by atoms with Gasteiger partial charge in [0.15, 0.2) is 0 Å². The Labute approximate surface area is 160 Å². The highest BCUT2D eigenvalue weighted by molar-refractivity contribution is 7.26. The van der Waals surface area contributed by atoms with Crippen LogP contribution in [0.15, 0.2) is 60.7 Å². The van der Waals surface area contributed by atoms with Crippen LogP contribution in [0.5, 0.6) is 0 Å². The van der Waals surface area contributed by atoms with Crippen molar-refractivity contribution in [1.29, 1.82) is 0 Å². The first-order chi connectivity index (χ1) is 12.4. The molecule has 0 aliphatic rings. The zero-order chi connectivity index (χ0) is 18.5. The fourth-order valence-corrected chi connectivity index (χ4v) is 5.30. The highest BCUT2D eigenvalue weighted by Gasteiger charge is 2.24. The van der Waals surface area contributed by atoms with E-state index in [0.717, 1.165) is 0 Å². The van der Waals surface area contributed by atoms with Gasteiger partial charge in [0.1, 0.15) is 0 Å². The maximum Gasteiger partial charge on any atom is 0.0433 e. The summed E-state index contributed by atoms with van der Waals surface area (Å²) in [7, 11) is 0. The van der Waals surface area contributed by atoms with E-state index in [1.165, 1.54) is 42.4 Å². The van der Waals surface area contributed by atoms with E-state index >= 15 is 0 Å². The molecule has 132 valence electrons. The Hall–Kier alpha value is -2.12. The van der Waals surface area contributed by atoms with E-state index in [-0.39, 0.29) is 5.41 Å². The normalized spacial score (nSPS) is 12.4. The molecular weight excluding hydrogens is 332 g/mol. The van der Waals surface area contributed by atoms with Crippen molar-refractivity contribution in [2.24, 2.45) is 0 Å². The lowest BCUT2D eigenvalue weighted by atomic mass is 9.76. The first-order valence-corrected chi connectivity index (χ1v) is 10.2. The largest absolute Gasteiger partial charge is 0.135 e. The van der Waals surface area contributed by atoms with Crippen LogP contribution in [0.25, 0.3) is 31.3 Å². The summed E-state index contributed by atoms with van der Waals surface area (Å²) in [6.45, 7) is 11.6. The molecule has 4 rings (SSSR count). The molecule has 0 unspecified atom stereocenters. The van der Waals surface area contributed by atoms with Crippen molar-refractivity contribution in [1.82, 2.24) is 0 Å². The van der Waals surface area contributed by atoms with Crippen molar-refractivity contribution in [3.8, 4) is 11.1 Å². The van der Waals surface area contributed by atoms with E-state index in [1.807, 2.05) is 11.3 Å². The summed E-state index contributed by atoms with van der Waals surface area (Å²) in [5.74, 6) is 0.519. The maximum atomic E-state index is 2.34. The fourth-order valence-electron chi connectivity index (χ4n) is 4.07. The Bertz CT molecular complexity index is 1090. The van der Waals surface area contributed by atoms with Crippen LogP contribution in [0.2, 0.25) is 0 Å². The highest BCUT2D eigenvalue weighted by atomic mass is 32.1. The number of hydrogen-bond donors (Lipinski definition) is 0. The second-order valence-electron chi connectivity index (χ2n) is 8.45. The molecule has 0 fully saturated rings. The molecule has 1 aromatic heterocycles. The number of benzene rings is 3. The van der Waals surface area contributed by atoms with Crippen LogP contribution < -0.4 is 0 Å². The summed E-state index contributed by atoms with van der Waals surface area (Å²) in [5, 5.41) is 2.74. The topological polar surface area (TPSA) is 0 Å². The van der Waals surface area contributed by atoms with Crippen molar-refractivity contribution in [2.75, 3.05) is 0 Å². The van der Waals surface area contributed by atoms with E-state index in [4.69, 9.17) is 0 Å². The molecule has 0 bridgehead atoms. The molecule has 0 saturated carbocycles. The molecule has 0 atom stereocenters. The second-order valence-corrected chi connectivity index (χ2v) is 9.51. The quantitative estimate of drug-likeness (QED) is 0.339. The van der Waals surface area contributed by atoms with E-state index in [9.17, 15) is 0 Å². The van der Waals surface area contributed by atoms with Gasteiger partial charge < -0.3 is 0 Å². The molecule has 0 N–H and O–H groups in total. The SMILES string of the molecule is CC(C)c1cccc(-c2cccc3c2sc2ccccc23)c1C(C)(C)C. The zero-order valence-electron chi connectivity index (χ0n) is 16.3. The first kappa shape index (κ1) is 17.3. The smallest absolute Gasteiger partial charge is 0.0433 e. The Kier molecular flexibility index (Phi) is 4.16. The first-order valence-electron chi connectivity index (χ1n) is 9.42. The summed E-state index contributed by atoms with van der Waals surface area (Å²) >= 11 is 1.92. The third-order valence-electron chi connectivity index (χ3n) is 5.16. The zero-order valence-corrected chi connectivity index (χ0v) is 17.1. The molecule has 0 saturated heterocycles. The summed E-state index contributed by atoms with van der Waals surface area (Å²) in [5.41, 5.74) is 5.82. The monoisotopic (exact) mass is 358 g/mol. The molecule has 0 nitrogen and oxygen atoms in total. The number of hydrogen-bond acceptors (Lipinski definition) is 1. The van der Waals surface area contributed by atoms with Crippen molar-refractivity contribution >= 4 is 31.5 Å². The number of fused-ring (bicyclic) bond motifs is 3. The highest BCUT2D eigenvalue weighted by Crippen LogP contribution is 2.44. The van der Waals surface area contributed by atoms with E-state index in [2.05, 4.69) is 95.3 Å². The van der Waals surface area contributed by atoms with Gasteiger partial charge in [-0.1, -0.05) is 89.2 Å². The Balaban J connectivity index is 2.10. The van der Waals surface area contributed by atoms with Gasteiger partial charge in [-0.3, -0.25) is 0 Å². The number of rotatable bonds is 2. The van der Waals surface area contributed by atoms with Crippen LogP contribution in [0.3, 0.4) is 0 Å². The van der Waals surface area contributed by atoms with Crippen molar-refractivity contribution in [3.63, 3.8) is 0 Å². The molecule has 4 aromatic rings. The number of thiophene rings is 1. The van der Waals surface area contributed by atoms with Crippen LogP contribution in [0.1, 0.15) is 51.7 Å². The minimum absolute atomic E-state index is 0.106. The summed E-state index contributed by atoms with van der Waals surface area (Å²) in [4.78, 5) is 0. The average molecular weight is 359 g/mol. The minimum Gasteiger partial charge on any atom is -0.135 e. The lowest BCUT2D eigenvalue weighted by Gasteiger charge is -2.28. The lowest BCUT2D eigenvalue weighted by molar-refractivity contribution is 0.579. The summed E-state index contributed by atoms with van der Waals surface area (Å²) in [6, 6.07) is 22.4. The molecule has 1 heteroatoms. The van der Waals surface area contributed by atoms with Crippen LogP contribution >= 0.6 is 11.3 Å². The van der Waals surface area contributed by atoms with E-state index in [0.29, 0.717) is 5.92 Å². The Morgan fingerprint density at radius 3 is 2.12 bits per heavy atom. The molecule has 3 aromatic carbocycles. The summed E-state index contributed by atoms with van der Waals surface area (Å²) < 4.78 is 2.77. The van der Waals surface area contributed by atoms with Crippen LogP contribution in [-0.4, -0.2) is 0 Å². The Morgan fingerprint density at radius 1 is 0.731 bits per heavy atom. The molecule has 0 radical (unpaired) electrons. The molecule has 1 heterocycles. The fraction of sp³-hybridized carbons (Fsp3) is 0.280. The van der Waals surface area contributed by atoms with Crippen LogP contribution in [-0.2, 0) is 5.41 Å². The molecular formula is C25H26S. The predicted molar refractivity (Wildman–Crippen MR) is 118 cm³/mol. The van der Waals surface area contributed by atoms with Gasteiger partial charge in [0.05, 0.1) is 0 Å². The van der Waals surface area contributed by atoms with Crippen molar-refractivity contribution < 1.29 is 0 Å². The van der Waals surface area contributed by atoms with Crippen LogP contribution in [0.4, 0.5) is 0 Å². The Morgan fingerprint density at radius 2 is 1.38 bits per heavy atom. The predicted octanol–water partition coefficient (Wildman–Crippen LogP) is 8.14. The van der Waals surface area contributed by atoms with Crippen molar-refractivity contribution in [2.45, 2.75) is 46.0 Å². The lowest BCUT2D eigenvalue weighted by Crippen LogP contribution is -2.16. The molecule has 0 aliphatic heterocycles. The van der Waals surface area contributed by atoms with Crippen LogP contribution in [0, 0.1) is 0 Å². The van der Waals surface area contributed by atoms with Gasteiger partial charge in [0.25, 0.3) is 0 Å². The van der Waals surface area contributed by atoms with Gasteiger partial charge >= 0.3 is 0 Å². The minimum atomic E-state index is 0.106. The third-order valence-corrected chi connectivity index (χ3v) is 6.38. The van der Waals surface area contributed by atoms with Crippen molar-refractivity contribution in [3.05, 3.63) is 71.8 Å². The molecule has 0 aliphatic carbocycles. The molecule has 26 heavy (non-hydrogen) atoms. The van der Waals surface area contributed by atoms with Gasteiger partial charge in [0.2, 0.25) is 0 Å². The average Bonchev–Trinajstić information content (AvgIpc) is 2.99. The molecule has 0 amide bonds. The second kappa shape index (κ2) is 6.25. The van der Waals surface area contributed by atoms with E-state index < -0.39 is 0 Å². The van der Waals surface area contributed by atoms with Gasteiger partial charge in [-0.2, -0.15) is 0 Å². The maximum absolute atomic E-state index is 2.34. The van der Waals surface area contributed by atoms with Gasteiger partial charge in [-0.15, -0.1) is 11.3 Å². The molecule has 0 spiro atoms. The third kappa shape index (κ3) is 2.75. The standard InChI is InChI=1S/C25H26S/c1-16(2)17-11-8-12-19(23(17)25(3,4)5)21-14-9-13-20-18-10-6-7-15-22(18)26-24(20)21/h6-16H,1-5H3. The van der Waals surface area contributed by atoms with Gasteiger partial charge in [-0.05, 0) is 39.7 Å². The van der Waals surface area contributed by atoms with Gasteiger partial charge in [0, 0.05) is 20.2 Å².